The van der Waals surface area contributed by atoms with E-state index in [1.54, 1.807) is 0 Å². The normalized spacial score (nSPS) is 17.6. The van der Waals surface area contributed by atoms with E-state index in [4.69, 9.17) is 10.2 Å². The molecule has 0 aliphatic carbocycles. The van der Waals surface area contributed by atoms with E-state index >= 15 is 0 Å². The molecule has 0 fully saturated rings. The first-order valence-electron chi connectivity index (χ1n) is 5.44. The number of aliphatic carboxylic acids is 1. The molecule has 4 unspecified atom stereocenters. The van der Waals surface area contributed by atoms with E-state index in [-0.39, 0.29) is 6.61 Å². The van der Waals surface area contributed by atoms with E-state index in [1.165, 1.54) is 0 Å². The second-order valence-corrected chi connectivity index (χ2v) is 3.73. The fourth-order valence-electron chi connectivity index (χ4n) is 1.06. The lowest BCUT2D eigenvalue weighted by Crippen LogP contribution is -2.50. The SMILES string of the molecule is CCCCOC(=O)C(O)C(O)C(O)C(O)C(=O)O. The molecule has 0 radical (unpaired) electrons. The van der Waals surface area contributed by atoms with Gasteiger partial charge in [0.05, 0.1) is 6.61 Å². The van der Waals surface area contributed by atoms with Gasteiger partial charge in [-0.25, -0.2) is 9.59 Å². The van der Waals surface area contributed by atoms with Crippen LogP contribution < -0.4 is 0 Å². The molecule has 0 aromatic heterocycles. The van der Waals surface area contributed by atoms with E-state index in [0.717, 1.165) is 6.42 Å². The maximum Gasteiger partial charge on any atom is 0.337 e. The van der Waals surface area contributed by atoms with E-state index in [1.807, 2.05) is 6.92 Å². The number of carbonyl (C=O) groups excluding carboxylic acids is 1. The number of esters is 1. The molecule has 0 saturated carbocycles. The number of hydrogen-bond acceptors (Lipinski definition) is 7. The zero-order valence-corrected chi connectivity index (χ0v) is 9.89. The van der Waals surface area contributed by atoms with Crippen LogP contribution in [0.25, 0.3) is 0 Å². The number of carboxylic acid groups (broad SMARTS) is 1. The number of aliphatic hydroxyl groups excluding tert-OH is 4. The summed E-state index contributed by atoms with van der Waals surface area (Å²) in [5.74, 6) is -2.97. The Balaban J connectivity index is 4.35. The highest BCUT2D eigenvalue weighted by molar-refractivity contribution is 5.76. The number of aliphatic hydroxyl groups is 4. The van der Waals surface area contributed by atoms with Crippen LogP contribution in [0.3, 0.4) is 0 Å². The van der Waals surface area contributed by atoms with Crippen molar-refractivity contribution in [1.29, 1.82) is 0 Å². The molecule has 0 heterocycles. The zero-order chi connectivity index (χ0) is 14.3. The second kappa shape index (κ2) is 7.98. The molecule has 0 saturated heterocycles. The van der Waals surface area contributed by atoms with Crippen molar-refractivity contribution in [2.24, 2.45) is 0 Å². The predicted octanol–water partition coefficient (Wildman–Crippen LogP) is -2.14. The van der Waals surface area contributed by atoms with Gasteiger partial charge in [0.25, 0.3) is 0 Å². The summed E-state index contributed by atoms with van der Waals surface area (Å²) < 4.78 is 4.57. The Hall–Kier alpha value is -1.22. The summed E-state index contributed by atoms with van der Waals surface area (Å²) in [5.41, 5.74) is 0. The third-order valence-corrected chi connectivity index (χ3v) is 2.23. The quantitative estimate of drug-likeness (QED) is 0.247. The van der Waals surface area contributed by atoms with Crippen molar-refractivity contribution < 1.29 is 39.9 Å². The van der Waals surface area contributed by atoms with Gasteiger partial charge in [-0.2, -0.15) is 0 Å². The Labute approximate surface area is 103 Å². The molecule has 8 heteroatoms. The number of unbranched alkanes of at least 4 members (excludes halogenated alkanes) is 1. The van der Waals surface area contributed by atoms with E-state index in [9.17, 15) is 24.9 Å². The van der Waals surface area contributed by atoms with Crippen molar-refractivity contribution in [1.82, 2.24) is 0 Å². The summed E-state index contributed by atoms with van der Waals surface area (Å²) in [6.45, 7) is 1.89. The van der Waals surface area contributed by atoms with E-state index < -0.39 is 36.4 Å². The van der Waals surface area contributed by atoms with Crippen molar-refractivity contribution >= 4 is 11.9 Å². The first-order valence-corrected chi connectivity index (χ1v) is 5.44. The average Bonchev–Trinajstić information content (AvgIpc) is 2.35. The Bertz CT molecular complexity index is 279. The summed E-state index contributed by atoms with van der Waals surface area (Å²) in [4.78, 5) is 21.5. The molecule has 0 aromatic carbocycles. The van der Waals surface area contributed by atoms with Crippen LogP contribution in [0, 0.1) is 0 Å². The minimum atomic E-state index is -2.31. The molecule has 0 aliphatic heterocycles. The molecule has 0 bridgehead atoms. The highest BCUT2D eigenvalue weighted by Gasteiger charge is 2.38. The first-order chi connectivity index (χ1) is 8.32. The minimum absolute atomic E-state index is 0.0384. The lowest BCUT2D eigenvalue weighted by atomic mass is 10.0. The van der Waals surface area contributed by atoms with Crippen molar-refractivity contribution in [2.45, 2.75) is 44.2 Å². The highest BCUT2D eigenvalue weighted by Crippen LogP contribution is 2.07. The molecule has 0 amide bonds. The Morgan fingerprint density at radius 3 is 2.00 bits per heavy atom. The van der Waals surface area contributed by atoms with Crippen LogP contribution >= 0.6 is 0 Å². The number of rotatable bonds is 8. The van der Waals surface area contributed by atoms with Crippen LogP contribution in [0.2, 0.25) is 0 Å². The lowest BCUT2D eigenvalue weighted by molar-refractivity contribution is -0.176. The molecule has 0 aromatic rings. The maximum atomic E-state index is 11.2. The number of carboxylic acids is 1. The van der Waals surface area contributed by atoms with Gasteiger partial charge in [0.1, 0.15) is 12.2 Å². The number of carbonyl (C=O) groups is 2. The van der Waals surface area contributed by atoms with Crippen LogP contribution in [-0.2, 0) is 14.3 Å². The third-order valence-electron chi connectivity index (χ3n) is 2.23. The highest BCUT2D eigenvalue weighted by atomic mass is 16.5. The smallest absolute Gasteiger partial charge is 0.337 e. The molecular weight excluding hydrogens is 248 g/mol. The number of ether oxygens (including phenoxy) is 1. The summed E-state index contributed by atoms with van der Waals surface area (Å²) in [6.07, 6.45) is -7.45. The molecule has 0 aliphatic rings. The molecular formula is C10H18O8. The predicted molar refractivity (Wildman–Crippen MR) is 57.5 cm³/mol. The van der Waals surface area contributed by atoms with Crippen molar-refractivity contribution in [3.8, 4) is 0 Å². The monoisotopic (exact) mass is 266 g/mol. The topological polar surface area (TPSA) is 145 Å². The third kappa shape index (κ3) is 4.96. The summed E-state index contributed by atoms with van der Waals surface area (Å²) >= 11 is 0. The van der Waals surface area contributed by atoms with Crippen LogP contribution in [0.1, 0.15) is 19.8 Å². The van der Waals surface area contributed by atoms with Gasteiger partial charge in [-0.05, 0) is 6.42 Å². The van der Waals surface area contributed by atoms with E-state index in [0.29, 0.717) is 6.42 Å². The summed E-state index contributed by atoms with van der Waals surface area (Å²) in [6, 6.07) is 0. The second-order valence-electron chi connectivity index (χ2n) is 3.73. The minimum Gasteiger partial charge on any atom is -0.479 e. The molecule has 18 heavy (non-hydrogen) atoms. The van der Waals surface area contributed by atoms with Crippen LogP contribution in [0.5, 0.6) is 0 Å². The zero-order valence-electron chi connectivity index (χ0n) is 9.89. The van der Waals surface area contributed by atoms with Gasteiger partial charge in [0.15, 0.2) is 12.2 Å². The Morgan fingerprint density at radius 1 is 1.06 bits per heavy atom. The largest absolute Gasteiger partial charge is 0.479 e. The summed E-state index contributed by atoms with van der Waals surface area (Å²) in [5, 5.41) is 45.1. The fraction of sp³-hybridized carbons (Fsp3) is 0.800. The van der Waals surface area contributed by atoms with Crippen molar-refractivity contribution in [2.75, 3.05) is 6.61 Å². The molecule has 5 N–H and O–H groups in total. The molecule has 4 atom stereocenters. The van der Waals surface area contributed by atoms with Gasteiger partial charge in [-0.15, -0.1) is 0 Å². The van der Waals surface area contributed by atoms with Crippen molar-refractivity contribution in [3.63, 3.8) is 0 Å². The molecule has 0 rings (SSSR count). The fourth-order valence-corrected chi connectivity index (χ4v) is 1.06. The van der Waals surface area contributed by atoms with Gasteiger partial charge < -0.3 is 30.3 Å². The lowest BCUT2D eigenvalue weighted by Gasteiger charge is -2.23. The van der Waals surface area contributed by atoms with Gasteiger partial charge in [0.2, 0.25) is 0 Å². The average molecular weight is 266 g/mol. The molecule has 106 valence electrons. The van der Waals surface area contributed by atoms with Crippen LogP contribution in [0.4, 0.5) is 0 Å². The molecule has 0 spiro atoms. The van der Waals surface area contributed by atoms with Gasteiger partial charge in [-0.1, -0.05) is 13.3 Å². The molecule has 8 nitrogen and oxygen atoms in total. The van der Waals surface area contributed by atoms with Crippen LogP contribution in [-0.4, -0.2) is 68.5 Å². The van der Waals surface area contributed by atoms with Crippen LogP contribution in [0.15, 0.2) is 0 Å². The Morgan fingerprint density at radius 2 is 1.56 bits per heavy atom. The van der Waals surface area contributed by atoms with Crippen molar-refractivity contribution in [3.05, 3.63) is 0 Å². The van der Waals surface area contributed by atoms with E-state index in [2.05, 4.69) is 4.74 Å². The summed E-state index contributed by atoms with van der Waals surface area (Å²) in [7, 11) is 0. The number of hydrogen-bond donors (Lipinski definition) is 5. The van der Waals surface area contributed by atoms with Gasteiger partial charge in [-0.3, -0.25) is 0 Å². The standard InChI is InChI=1S/C10H18O8/c1-2-3-4-18-10(17)8(14)6(12)5(11)7(13)9(15)16/h5-8,11-14H,2-4H2,1H3,(H,15,16). The van der Waals surface area contributed by atoms with Gasteiger partial charge in [0, 0.05) is 0 Å². The Kier molecular flexibility index (Phi) is 7.44. The maximum absolute atomic E-state index is 11.2. The van der Waals surface area contributed by atoms with Gasteiger partial charge >= 0.3 is 11.9 Å². The first kappa shape index (κ1) is 16.8.